The summed E-state index contributed by atoms with van der Waals surface area (Å²) in [4.78, 5) is 11.2. The maximum Gasteiger partial charge on any atom is 0.305 e. The summed E-state index contributed by atoms with van der Waals surface area (Å²) in [5.41, 5.74) is 6.96. The van der Waals surface area contributed by atoms with E-state index in [1.807, 2.05) is 6.92 Å². The van der Waals surface area contributed by atoms with Crippen molar-refractivity contribution in [3.8, 4) is 0 Å². The molecule has 1 atom stereocenters. The minimum Gasteiger partial charge on any atom is -0.466 e. The first kappa shape index (κ1) is 14.6. The smallest absolute Gasteiger partial charge is 0.305 e. The number of carbonyl (C=O) groups is 1. The van der Waals surface area contributed by atoms with E-state index in [4.69, 9.17) is 19.9 Å². The van der Waals surface area contributed by atoms with Crippen LogP contribution in [-0.4, -0.2) is 25.4 Å². The van der Waals surface area contributed by atoms with Crippen LogP contribution in [0.4, 0.5) is 0 Å². The van der Waals surface area contributed by atoms with Crippen molar-refractivity contribution in [2.24, 2.45) is 5.73 Å². The summed E-state index contributed by atoms with van der Waals surface area (Å²) in [7, 11) is 0. The minimum absolute atomic E-state index is 0.0982. The topological polar surface area (TPSA) is 70.8 Å². The van der Waals surface area contributed by atoms with E-state index < -0.39 is 0 Å². The summed E-state index contributed by atoms with van der Waals surface area (Å²) in [5.74, 6) is 1.02. The van der Waals surface area contributed by atoms with E-state index in [2.05, 4.69) is 6.58 Å². The number of ether oxygens (including phenoxy) is 3. The first-order valence-electron chi connectivity index (χ1n) is 6.10. The van der Waals surface area contributed by atoms with Gasteiger partial charge in [-0.05, 0) is 32.3 Å². The van der Waals surface area contributed by atoms with E-state index >= 15 is 0 Å². The summed E-state index contributed by atoms with van der Waals surface area (Å²) >= 11 is 0. The fourth-order valence-electron chi connectivity index (χ4n) is 1.79. The zero-order chi connectivity index (χ0) is 13.5. The van der Waals surface area contributed by atoms with Gasteiger partial charge in [-0.3, -0.25) is 4.79 Å². The molecule has 5 nitrogen and oxygen atoms in total. The van der Waals surface area contributed by atoms with E-state index in [1.54, 1.807) is 6.92 Å². The van der Waals surface area contributed by atoms with Gasteiger partial charge < -0.3 is 19.9 Å². The predicted octanol–water partition coefficient (Wildman–Crippen LogP) is 1.84. The van der Waals surface area contributed by atoms with Crippen molar-refractivity contribution >= 4 is 5.97 Å². The number of rotatable bonds is 6. The lowest BCUT2D eigenvalue weighted by molar-refractivity contribution is -0.143. The molecule has 102 valence electrons. The van der Waals surface area contributed by atoms with Gasteiger partial charge in [-0.2, -0.15) is 0 Å². The van der Waals surface area contributed by atoms with Crippen molar-refractivity contribution in [1.29, 1.82) is 0 Å². The molecule has 0 saturated carbocycles. The Bertz CT molecular complexity index is 349. The number of carbonyl (C=O) groups excluding carboxylic acids is 1. The molecule has 0 aromatic rings. The van der Waals surface area contributed by atoms with Crippen LogP contribution in [0.2, 0.25) is 0 Å². The molecule has 1 unspecified atom stereocenters. The number of hydrogen-bond acceptors (Lipinski definition) is 5. The van der Waals surface area contributed by atoms with E-state index in [-0.39, 0.29) is 18.8 Å². The quantitative estimate of drug-likeness (QED) is 0.733. The third-order valence-corrected chi connectivity index (χ3v) is 2.67. The average molecular weight is 255 g/mol. The lowest BCUT2D eigenvalue weighted by Gasteiger charge is -2.12. The molecule has 1 aliphatic rings. The molecule has 0 radical (unpaired) electrons. The van der Waals surface area contributed by atoms with Crippen LogP contribution in [0.5, 0.6) is 0 Å². The maximum absolute atomic E-state index is 11.2. The largest absolute Gasteiger partial charge is 0.466 e. The number of esters is 1. The third-order valence-electron chi connectivity index (χ3n) is 2.67. The summed E-state index contributed by atoms with van der Waals surface area (Å²) in [5, 5.41) is 0. The van der Waals surface area contributed by atoms with Gasteiger partial charge in [0.25, 0.3) is 0 Å². The Labute approximate surface area is 108 Å². The van der Waals surface area contributed by atoms with Crippen molar-refractivity contribution in [1.82, 2.24) is 0 Å². The van der Waals surface area contributed by atoms with Gasteiger partial charge in [0.2, 0.25) is 6.79 Å². The normalized spacial score (nSPS) is 18.9. The molecule has 18 heavy (non-hydrogen) atoms. The standard InChI is InChI=1S/C13H21NO4/c1-4-16-12(15)6-5-11(14)7-9(2)13-10(3)17-8-18-13/h11H,3-8,14H2,1-2H3/b13-9+. The Morgan fingerprint density at radius 2 is 2.28 bits per heavy atom. The first-order chi connectivity index (χ1) is 8.54. The average Bonchev–Trinajstić information content (AvgIpc) is 2.73. The van der Waals surface area contributed by atoms with Gasteiger partial charge in [-0.15, -0.1) is 0 Å². The Kier molecular flexibility index (Phi) is 5.71. The van der Waals surface area contributed by atoms with Gasteiger partial charge in [0, 0.05) is 12.5 Å². The fraction of sp³-hybridized carbons (Fsp3) is 0.615. The van der Waals surface area contributed by atoms with E-state index in [1.165, 1.54) is 0 Å². The molecule has 1 fully saturated rings. The molecule has 0 aliphatic carbocycles. The molecule has 5 heteroatoms. The zero-order valence-electron chi connectivity index (χ0n) is 11.0. The zero-order valence-corrected chi connectivity index (χ0v) is 11.0. The van der Waals surface area contributed by atoms with Gasteiger partial charge in [0.15, 0.2) is 11.5 Å². The molecule has 0 bridgehead atoms. The lowest BCUT2D eigenvalue weighted by atomic mass is 10.0. The van der Waals surface area contributed by atoms with Crippen molar-refractivity contribution < 1.29 is 19.0 Å². The van der Waals surface area contributed by atoms with E-state index in [0.29, 0.717) is 37.4 Å². The van der Waals surface area contributed by atoms with Gasteiger partial charge in [0.1, 0.15) is 0 Å². The molecule has 2 N–H and O–H groups in total. The Morgan fingerprint density at radius 1 is 1.56 bits per heavy atom. The van der Waals surface area contributed by atoms with E-state index in [9.17, 15) is 4.79 Å². The van der Waals surface area contributed by atoms with E-state index in [0.717, 1.165) is 5.57 Å². The molecule has 0 aromatic carbocycles. The fourth-order valence-corrected chi connectivity index (χ4v) is 1.79. The van der Waals surface area contributed by atoms with Crippen LogP contribution in [-0.2, 0) is 19.0 Å². The van der Waals surface area contributed by atoms with Gasteiger partial charge in [-0.25, -0.2) is 0 Å². The minimum atomic E-state index is -0.205. The molecule has 1 rings (SSSR count). The highest BCUT2D eigenvalue weighted by molar-refractivity contribution is 5.69. The second-order valence-electron chi connectivity index (χ2n) is 4.25. The van der Waals surface area contributed by atoms with Crippen LogP contribution < -0.4 is 5.73 Å². The monoisotopic (exact) mass is 255 g/mol. The lowest BCUT2D eigenvalue weighted by Crippen LogP contribution is -2.22. The van der Waals surface area contributed by atoms with Gasteiger partial charge >= 0.3 is 5.97 Å². The highest BCUT2D eigenvalue weighted by Gasteiger charge is 2.18. The molecular weight excluding hydrogens is 234 g/mol. The SMILES string of the molecule is C=C1OCO/C1=C(\C)CC(N)CCC(=O)OCC. The Morgan fingerprint density at radius 3 is 2.83 bits per heavy atom. The molecule has 0 amide bonds. The molecule has 1 saturated heterocycles. The third kappa shape index (κ3) is 4.41. The van der Waals surface area contributed by atoms with Gasteiger partial charge in [-0.1, -0.05) is 6.58 Å². The van der Waals surface area contributed by atoms with Crippen LogP contribution in [0.1, 0.15) is 33.1 Å². The molecule has 1 heterocycles. The number of nitrogens with two attached hydrogens (primary N) is 1. The van der Waals surface area contributed by atoms with Crippen LogP contribution in [0, 0.1) is 0 Å². The molecule has 0 aromatic heterocycles. The first-order valence-corrected chi connectivity index (χ1v) is 6.10. The Balaban J connectivity index is 2.38. The summed E-state index contributed by atoms with van der Waals surface area (Å²) in [6, 6.07) is -0.0982. The maximum atomic E-state index is 11.2. The highest BCUT2D eigenvalue weighted by atomic mass is 16.7. The van der Waals surface area contributed by atoms with Crippen LogP contribution in [0.25, 0.3) is 0 Å². The van der Waals surface area contributed by atoms with Crippen molar-refractivity contribution in [3.63, 3.8) is 0 Å². The van der Waals surface area contributed by atoms with Crippen LogP contribution in [0.15, 0.2) is 23.7 Å². The summed E-state index contributed by atoms with van der Waals surface area (Å²) in [6.45, 7) is 8.08. The number of hydrogen-bond donors (Lipinski definition) is 1. The van der Waals surface area contributed by atoms with Crippen molar-refractivity contribution in [3.05, 3.63) is 23.7 Å². The summed E-state index contributed by atoms with van der Waals surface area (Å²) in [6.07, 6.45) is 1.59. The van der Waals surface area contributed by atoms with Crippen LogP contribution in [0.3, 0.4) is 0 Å². The second kappa shape index (κ2) is 7.06. The van der Waals surface area contributed by atoms with Crippen molar-refractivity contribution in [2.75, 3.05) is 13.4 Å². The van der Waals surface area contributed by atoms with Crippen LogP contribution >= 0.6 is 0 Å². The molecule has 0 spiro atoms. The molecule has 1 aliphatic heterocycles. The second-order valence-corrected chi connectivity index (χ2v) is 4.25. The van der Waals surface area contributed by atoms with Crippen molar-refractivity contribution in [2.45, 2.75) is 39.2 Å². The van der Waals surface area contributed by atoms with Gasteiger partial charge in [0.05, 0.1) is 6.61 Å². The molecular formula is C13H21NO4. The summed E-state index contributed by atoms with van der Waals surface area (Å²) < 4.78 is 15.3. The highest BCUT2D eigenvalue weighted by Crippen LogP contribution is 2.25. The predicted molar refractivity (Wildman–Crippen MR) is 67.3 cm³/mol. The Hall–Kier alpha value is -1.49.